The number of ketones is 1. The fraction of sp³-hybridized carbons (Fsp3) is 0.278. The molecule has 0 amide bonds. The van der Waals surface area contributed by atoms with Crippen molar-refractivity contribution in [3.8, 4) is 0 Å². The molecule has 0 heterocycles. The van der Waals surface area contributed by atoms with Crippen LogP contribution in [0, 0.1) is 13.8 Å². The minimum Gasteiger partial charge on any atom is -0.293 e. The van der Waals surface area contributed by atoms with Gasteiger partial charge in [-0.3, -0.25) is 9.52 Å². The van der Waals surface area contributed by atoms with E-state index in [1.807, 2.05) is 32.9 Å². The highest BCUT2D eigenvalue weighted by molar-refractivity contribution is 8.00. The third-order valence-electron chi connectivity index (χ3n) is 3.48. The molecule has 0 fully saturated rings. The standard InChI is InChI=1S/C18H21NO3S2/c1-12-5-10-17(13(2)11-12)23-14(3)18(20)15-6-8-16(9-7-15)19-24(4,21)22/h5-11,14,19H,1-4H3. The van der Waals surface area contributed by atoms with Crippen LogP contribution in [-0.4, -0.2) is 25.7 Å². The molecule has 2 rings (SSSR count). The Kier molecular flexibility index (Phi) is 5.72. The van der Waals surface area contributed by atoms with Crippen molar-refractivity contribution in [2.75, 3.05) is 11.0 Å². The predicted octanol–water partition coefficient (Wildman–Crippen LogP) is 4.04. The van der Waals surface area contributed by atoms with Crippen LogP contribution in [0.5, 0.6) is 0 Å². The first kappa shape index (κ1) is 18.5. The van der Waals surface area contributed by atoms with E-state index in [2.05, 4.69) is 10.8 Å². The number of thioether (sulfide) groups is 1. The average Bonchev–Trinajstić information content (AvgIpc) is 2.48. The second-order valence-electron chi connectivity index (χ2n) is 5.84. The molecule has 0 aliphatic rings. The first-order chi connectivity index (χ1) is 11.2. The Labute approximate surface area is 147 Å². The zero-order valence-electron chi connectivity index (χ0n) is 14.2. The van der Waals surface area contributed by atoms with Gasteiger partial charge in [-0.25, -0.2) is 8.42 Å². The van der Waals surface area contributed by atoms with E-state index < -0.39 is 10.0 Å². The van der Waals surface area contributed by atoms with Crippen LogP contribution < -0.4 is 4.72 Å². The molecule has 0 bridgehead atoms. The number of hydrogen-bond acceptors (Lipinski definition) is 4. The maximum atomic E-state index is 12.6. The van der Waals surface area contributed by atoms with Crippen molar-refractivity contribution < 1.29 is 13.2 Å². The summed E-state index contributed by atoms with van der Waals surface area (Å²) < 4.78 is 24.8. The normalized spacial score (nSPS) is 12.7. The number of carbonyl (C=O) groups excluding carboxylic acids is 1. The van der Waals surface area contributed by atoms with Crippen LogP contribution in [0.2, 0.25) is 0 Å². The molecule has 0 aromatic heterocycles. The molecule has 0 radical (unpaired) electrons. The molecule has 0 aliphatic carbocycles. The number of nitrogens with one attached hydrogen (secondary N) is 1. The summed E-state index contributed by atoms with van der Waals surface area (Å²) in [6.07, 6.45) is 1.09. The molecule has 0 aliphatic heterocycles. The van der Waals surface area contributed by atoms with Gasteiger partial charge in [-0.15, -0.1) is 11.8 Å². The highest BCUT2D eigenvalue weighted by Gasteiger charge is 2.17. The van der Waals surface area contributed by atoms with Gasteiger partial charge in [0.25, 0.3) is 0 Å². The second-order valence-corrected chi connectivity index (χ2v) is 8.98. The fourth-order valence-electron chi connectivity index (χ4n) is 2.33. The van der Waals surface area contributed by atoms with Crippen LogP contribution in [-0.2, 0) is 10.0 Å². The molecule has 4 nitrogen and oxygen atoms in total. The van der Waals surface area contributed by atoms with Crippen molar-refractivity contribution >= 4 is 33.3 Å². The van der Waals surface area contributed by atoms with Crippen molar-refractivity contribution in [2.24, 2.45) is 0 Å². The average molecular weight is 364 g/mol. The molecular weight excluding hydrogens is 342 g/mol. The topological polar surface area (TPSA) is 63.2 Å². The van der Waals surface area contributed by atoms with Gasteiger partial charge in [-0.2, -0.15) is 0 Å². The van der Waals surface area contributed by atoms with E-state index >= 15 is 0 Å². The van der Waals surface area contributed by atoms with Crippen molar-refractivity contribution in [1.82, 2.24) is 0 Å². The van der Waals surface area contributed by atoms with Crippen LogP contribution in [0.15, 0.2) is 47.4 Å². The van der Waals surface area contributed by atoms with Crippen molar-refractivity contribution in [1.29, 1.82) is 0 Å². The Bertz CT molecular complexity index is 843. The maximum absolute atomic E-state index is 12.6. The Morgan fingerprint density at radius 3 is 2.25 bits per heavy atom. The first-order valence-corrected chi connectivity index (χ1v) is 10.3. The van der Waals surface area contributed by atoms with E-state index in [9.17, 15) is 13.2 Å². The lowest BCUT2D eigenvalue weighted by atomic mass is 10.1. The number of benzene rings is 2. The number of Topliss-reactive ketones (excluding diaryl/α,β-unsaturated/α-hetero) is 1. The monoisotopic (exact) mass is 363 g/mol. The molecule has 1 atom stereocenters. The van der Waals surface area contributed by atoms with Crippen LogP contribution in [0.4, 0.5) is 5.69 Å². The predicted molar refractivity (Wildman–Crippen MR) is 100 cm³/mol. The molecule has 2 aromatic carbocycles. The number of rotatable bonds is 6. The summed E-state index contributed by atoms with van der Waals surface area (Å²) in [6, 6.07) is 12.7. The molecule has 1 unspecified atom stereocenters. The molecule has 2 aromatic rings. The van der Waals surface area contributed by atoms with E-state index in [0.29, 0.717) is 11.3 Å². The van der Waals surface area contributed by atoms with Crippen molar-refractivity contribution in [3.05, 3.63) is 59.2 Å². The Hall–Kier alpha value is -1.79. The number of anilines is 1. The molecule has 24 heavy (non-hydrogen) atoms. The van der Waals surface area contributed by atoms with Gasteiger partial charge in [0.2, 0.25) is 10.0 Å². The molecule has 6 heteroatoms. The lowest BCUT2D eigenvalue weighted by molar-refractivity contribution is 0.0994. The lowest BCUT2D eigenvalue weighted by Crippen LogP contribution is -2.14. The van der Waals surface area contributed by atoms with Gasteiger partial charge in [-0.05, 0) is 56.7 Å². The van der Waals surface area contributed by atoms with Gasteiger partial charge in [0, 0.05) is 16.1 Å². The van der Waals surface area contributed by atoms with Crippen LogP contribution in [0.1, 0.15) is 28.4 Å². The van der Waals surface area contributed by atoms with Crippen LogP contribution in [0.25, 0.3) is 0 Å². The zero-order valence-corrected chi connectivity index (χ0v) is 15.8. The van der Waals surface area contributed by atoms with E-state index in [1.54, 1.807) is 24.3 Å². The summed E-state index contributed by atoms with van der Waals surface area (Å²) in [6.45, 7) is 5.97. The summed E-state index contributed by atoms with van der Waals surface area (Å²) in [7, 11) is -3.31. The molecule has 0 saturated carbocycles. The zero-order chi connectivity index (χ0) is 17.9. The summed E-state index contributed by atoms with van der Waals surface area (Å²) in [5.41, 5.74) is 3.37. The quantitative estimate of drug-likeness (QED) is 0.621. The van der Waals surface area contributed by atoms with E-state index in [4.69, 9.17) is 0 Å². The molecule has 1 N–H and O–H groups in total. The number of sulfonamides is 1. The van der Waals surface area contributed by atoms with E-state index in [0.717, 1.165) is 16.7 Å². The first-order valence-electron chi connectivity index (χ1n) is 7.52. The smallest absolute Gasteiger partial charge is 0.229 e. The van der Waals surface area contributed by atoms with E-state index in [-0.39, 0.29) is 11.0 Å². The molecule has 0 saturated heterocycles. The Morgan fingerprint density at radius 1 is 1.08 bits per heavy atom. The Balaban J connectivity index is 2.10. The maximum Gasteiger partial charge on any atom is 0.229 e. The number of aryl methyl sites for hydroxylation is 2. The second kappa shape index (κ2) is 7.40. The van der Waals surface area contributed by atoms with Gasteiger partial charge in [0.1, 0.15) is 0 Å². The van der Waals surface area contributed by atoms with Crippen LogP contribution in [0.3, 0.4) is 0 Å². The third-order valence-corrected chi connectivity index (χ3v) is 5.36. The van der Waals surface area contributed by atoms with Gasteiger partial charge in [-0.1, -0.05) is 17.7 Å². The van der Waals surface area contributed by atoms with Gasteiger partial charge in [0.05, 0.1) is 11.5 Å². The highest BCUT2D eigenvalue weighted by atomic mass is 32.2. The van der Waals surface area contributed by atoms with Gasteiger partial charge < -0.3 is 0 Å². The van der Waals surface area contributed by atoms with Gasteiger partial charge >= 0.3 is 0 Å². The fourth-order valence-corrected chi connectivity index (χ4v) is 3.91. The largest absolute Gasteiger partial charge is 0.293 e. The number of hydrogen-bond donors (Lipinski definition) is 1. The Morgan fingerprint density at radius 2 is 1.71 bits per heavy atom. The molecule has 0 spiro atoms. The van der Waals surface area contributed by atoms with E-state index in [1.165, 1.54) is 17.3 Å². The SMILES string of the molecule is Cc1ccc(SC(C)C(=O)c2ccc(NS(C)(=O)=O)cc2)c(C)c1. The lowest BCUT2D eigenvalue weighted by Gasteiger charge is -2.13. The van der Waals surface area contributed by atoms with Crippen LogP contribution >= 0.6 is 11.8 Å². The minimum absolute atomic E-state index is 0.0193. The number of carbonyl (C=O) groups is 1. The van der Waals surface area contributed by atoms with Crippen molar-refractivity contribution in [2.45, 2.75) is 30.9 Å². The minimum atomic E-state index is -3.31. The molecule has 128 valence electrons. The van der Waals surface area contributed by atoms with Crippen molar-refractivity contribution in [3.63, 3.8) is 0 Å². The summed E-state index contributed by atoms with van der Waals surface area (Å²) in [5.74, 6) is 0.0193. The molecular formula is C18H21NO3S2. The highest BCUT2D eigenvalue weighted by Crippen LogP contribution is 2.29. The summed E-state index contributed by atoms with van der Waals surface area (Å²) >= 11 is 1.53. The third kappa shape index (κ3) is 5.11. The summed E-state index contributed by atoms with van der Waals surface area (Å²) in [4.78, 5) is 13.7. The summed E-state index contributed by atoms with van der Waals surface area (Å²) in [5, 5.41) is -0.222. The van der Waals surface area contributed by atoms with Gasteiger partial charge in [0.15, 0.2) is 5.78 Å².